The molecule has 6 nitrogen and oxygen atoms in total. The number of aromatic nitrogens is 2. The van der Waals surface area contributed by atoms with Gasteiger partial charge in [-0.1, -0.05) is 54.6 Å². The van der Waals surface area contributed by atoms with Gasteiger partial charge in [0.25, 0.3) is 0 Å². The Morgan fingerprint density at radius 3 is 2.44 bits per heavy atom. The fourth-order valence-corrected chi connectivity index (χ4v) is 4.78. The second kappa shape index (κ2) is 9.69. The number of H-pyrrole nitrogens is 1. The Kier molecular flexibility index (Phi) is 6.32. The van der Waals surface area contributed by atoms with E-state index in [1.165, 1.54) is 0 Å². The predicted molar refractivity (Wildman–Crippen MR) is 132 cm³/mol. The first-order valence-electron chi connectivity index (χ1n) is 11.7. The highest BCUT2D eigenvalue weighted by atomic mass is 16.5. The Morgan fingerprint density at radius 2 is 1.74 bits per heavy atom. The van der Waals surface area contributed by atoms with Gasteiger partial charge in [0.2, 0.25) is 5.91 Å². The number of methoxy groups -OCH3 is 1. The molecular formula is C28H29N3O3. The normalized spacial score (nSPS) is 16.1. The number of fused-ring (bicyclic) bond motifs is 1. The molecule has 5 rings (SSSR count). The summed E-state index contributed by atoms with van der Waals surface area (Å²) in [4.78, 5) is 22.3. The summed E-state index contributed by atoms with van der Waals surface area (Å²) in [6.45, 7) is 1.10. The second-order valence-corrected chi connectivity index (χ2v) is 8.78. The van der Waals surface area contributed by atoms with Gasteiger partial charge in [-0.3, -0.25) is 4.79 Å². The van der Waals surface area contributed by atoms with Crippen molar-refractivity contribution in [3.8, 4) is 5.75 Å². The number of nitrogens with zero attached hydrogens (tertiary/aromatic N) is 1. The van der Waals surface area contributed by atoms with E-state index < -0.39 is 5.41 Å². The zero-order valence-electron chi connectivity index (χ0n) is 19.3. The fourth-order valence-electron chi connectivity index (χ4n) is 4.78. The summed E-state index contributed by atoms with van der Waals surface area (Å²) in [5.41, 5.74) is 3.31. The van der Waals surface area contributed by atoms with Crippen LogP contribution < -0.4 is 10.1 Å². The van der Waals surface area contributed by atoms with Crippen molar-refractivity contribution in [1.82, 2.24) is 15.3 Å². The Balaban J connectivity index is 1.49. The molecule has 1 saturated heterocycles. The van der Waals surface area contributed by atoms with Crippen LogP contribution in [0.5, 0.6) is 5.75 Å². The summed E-state index contributed by atoms with van der Waals surface area (Å²) >= 11 is 0. The van der Waals surface area contributed by atoms with E-state index in [-0.39, 0.29) is 11.9 Å². The number of carbonyl (C=O) groups is 1. The lowest BCUT2D eigenvalue weighted by Crippen LogP contribution is -2.49. The van der Waals surface area contributed by atoms with Crippen LogP contribution in [0.2, 0.25) is 0 Å². The van der Waals surface area contributed by atoms with E-state index >= 15 is 0 Å². The summed E-state index contributed by atoms with van der Waals surface area (Å²) in [5.74, 6) is 1.54. The molecule has 0 bridgehead atoms. The molecule has 1 atom stereocenters. The third-order valence-electron chi connectivity index (χ3n) is 6.75. The highest BCUT2D eigenvalue weighted by Crippen LogP contribution is 2.37. The second-order valence-electron chi connectivity index (χ2n) is 8.78. The smallest absolute Gasteiger partial charge is 0.231 e. The number of hydrogen-bond acceptors (Lipinski definition) is 4. The van der Waals surface area contributed by atoms with Crippen molar-refractivity contribution in [2.45, 2.75) is 30.7 Å². The van der Waals surface area contributed by atoms with Crippen LogP contribution in [0.25, 0.3) is 11.0 Å². The molecule has 1 aliphatic heterocycles. The zero-order valence-corrected chi connectivity index (χ0v) is 19.3. The zero-order chi connectivity index (χ0) is 23.4. The average Bonchev–Trinajstić information content (AvgIpc) is 3.34. The topological polar surface area (TPSA) is 76.2 Å². The molecule has 6 heteroatoms. The summed E-state index contributed by atoms with van der Waals surface area (Å²) in [5, 5.41) is 3.36. The summed E-state index contributed by atoms with van der Waals surface area (Å²) in [7, 11) is 1.65. The SMILES string of the molecule is COc1ccc(C2(C(=O)N[C@H](Cc3ccccc3)c3nc4ccccc4[nH]3)CCOCC2)cc1. The van der Waals surface area contributed by atoms with Gasteiger partial charge in [-0.15, -0.1) is 0 Å². The number of para-hydroxylation sites is 2. The molecule has 3 aromatic carbocycles. The van der Waals surface area contributed by atoms with E-state index in [2.05, 4.69) is 22.4 Å². The maximum absolute atomic E-state index is 14.0. The van der Waals surface area contributed by atoms with E-state index in [0.29, 0.717) is 32.5 Å². The fraction of sp³-hybridized carbons (Fsp3) is 0.286. The molecule has 4 aromatic rings. The molecule has 0 aliphatic carbocycles. The van der Waals surface area contributed by atoms with Gasteiger partial charge < -0.3 is 19.8 Å². The number of benzene rings is 3. The number of imidazole rings is 1. The molecular weight excluding hydrogens is 426 g/mol. The number of hydrogen-bond donors (Lipinski definition) is 2. The van der Waals surface area contributed by atoms with Crippen LogP contribution in [0.1, 0.15) is 35.8 Å². The number of ether oxygens (including phenoxy) is 2. The average molecular weight is 456 g/mol. The molecule has 1 aromatic heterocycles. The van der Waals surface area contributed by atoms with Crippen LogP contribution in [0.4, 0.5) is 0 Å². The maximum Gasteiger partial charge on any atom is 0.231 e. The minimum atomic E-state index is -0.661. The van der Waals surface area contributed by atoms with Crippen LogP contribution >= 0.6 is 0 Å². The number of aromatic amines is 1. The Morgan fingerprint density at radius 1 is 1.03 bits per heavy atom. The molecule has 0 radical (unpaired) electrons. The molecule has 0 unspecified atom stereocenters. The summed E-state index contributed by atoms with van der Waals surface area (Å²) in [6.07, 6.45) is 1.90. The quantitative estimate of drug-likeness (QED) is 0.423. The van der Waals surface area contributed by atoms with Crippen LogP contribution in [-0.2, 0) is 21.4 Å². The van der Waals surface area contributed by atoms with E-state index in [1.54, 1.807) is 7.11 Å². The first-order valence-corrected chi connectivity index (χ1v) is 11.7. The van der Waals surface area contributed by atoms with Crippen molar-refractivity contribution in [2.24, 2.45) is 0 Å². The lowest BCUT2D eigenvalue weighted by Gasteiger charge is -2.37. The molecule has 2 heterocycles. The Bertz CT molecular complexity index is 1210. The first-order chi connectivity index (χ1) is 16.7. The van der Waals surface area contributed by atoms with Crippen molar-refractivity contribution in [2.75, 3.05) is 20.3 Å². The molecule has 34 heavy (non-hydrogen) atoms. The Hall–Kier alpha value is -3.64. The number of rotatable bonds is 7. The van der Waals surface area contributed by atoms with Crippen LogP contribution in [0.15, 0.2) is 78.9 Å². The van der Waals surface area contributed by atoms with E-state index in [4.69, 9.17) is 14.5 Å². The minimum Gasteiger partial charge on any atom is -0.497 e. The van der Waals surface area contributed by atoms with Gasteiger partial charge >= 0.3 is 0 Å². The standard InChI is InChI=1S/C28H29N3O3/c1-33-22-13-11-21(12-14-22)28(15-17-34-18-16-28)27(32)31-25(19-20-7-3-2-4-8-20)26-29-23-9-5-6-10-24(23)30-26/h2-14,25H,15-19H2,1H3,(H,29,30)(H,31,32)/t25-/m1/s1. The van der Waals surface area contributed by atoms with E-state index in [9.17, 15) is 4.79 Å². The monoisotopic (exact) mass is 455 g/mol. The van der Waals surface area contributed by atoms with Gasteiger partial charge in [0, 0.05) is 13.2 Å². The van der Waals surface area contributed by atoms with E-state index in [0.717, 1.165) is 33.7 Å². The van der Waals surface area contributed by atoms with Crippen molar-refractivity contribution in [3.63, 3.8) is 0 Å². The van der Waals surface area contributed by atoms with Crippen LogP contribution in [-0.4, -0.2) is 36.2 Å². The molecule has 1 amide bonds. The van der Waals surface area contributed by atoms with Gasteiger partial charge in [0.1, 0.15) is 11.6 Å². The number of nitrogens with one attached hydrogen (secondary N) is 2. The van der Waals surface area contributed by atoms with Gasteiger partial charge in [0.15, 0.2) is 0 Å². The molecule has 0 saturated carbocycles. The molecule has 174 valence electrons. The van der Waals surface area contributed by atoms with Gasteiger partial charge in [-0.05, 0) is 54.7 Å². The number of carbonyl (C=O) groups excluding carboxylic acids is 1. The molecule has 1 aliphatic rings. The number of amides is 1. The summed E-state index contributed by atoms with van der Waals surface area (Å²) < 4.78 is 11.0. The lowest BCUT2D eigenvalue weighted by atomic mass is 9.73. The molecule has 1 fully saturated rings. The van der Waals surface area contributed by atoms with Crippen molar-refractivity contribution < 1.29 is 14.3 Å². The van der Waals surface area contributed by atoms with Crippen molar-refractivity contribution in [1.29, 1.82) is 0 Å². The highest BCUT2D eigenvalue weighted by Gasteiger charge is 2.42. The van der Waals surface area contributed by atoms with Gasteiger partial charge in [-0.2, -0.15) is 0 Å². The third kappa shape index (κ3) is 4.41. The van der Waals surface area contributed by atoms with Crippen LogP contribution in [0, 0.1) is 0 Å². The minimum absolute atomic E-state index is 0.00218. The first kappa shape index (κ1) is 22.2. The van der Waals surface area contributed by atoms with Gasteiger partial charge in [0.05, 0.1) is 29.6 Å². The van der Waals surface area contributed by atoms with Gasteiger partial charge in [-0.25, -0.2) is 4.98 Å². The van der Waals surface area contributed by atoms with Crippen LogP contribution in [0.3, 0.4) is 0 Å². The molecule has 0 spiro atoms. The molecule has 2 N–H and O–H groups in total. The van der Waals surface area contributed by atoms with Crippen molar-refractivity contribution >= 4 is 16.9 Å². The maximum atomic E-state index is 14.0. The Labute approximate surface area is 199 Å². The third-order valence-corrected chi connectivity index (χ3v) is 6.75. The van der Waals surface area contributed by atoms with E-state index in [1.807, 2.05) is 66.7 Å². The lowest BCUT2D eigenvalue weighted by molar-refractivity contribution is -0.131. The van der Waals surface area contributed by atoms with Crippen molar-refractivity contribution in [3.05, 3.63) is 95.8 Å². The largest absolute Gasteiger partial charge is 0.497 e. The summed E-state index contributed by atoms with van der Waals surface area (Å²) in [6, 6.07) is 25.7. The predicted octanol–water partition coefficient (Wildman–Crippen LogP) is 4.72. The highest BCUT2D eigenvalue weighted by molar-refractivity contribution is 5.89.